The van der Waals surface area contributed by atoms with Crippen LogP contribution in [0.25, 0.3) is 0 Å². The molecule has 4 heteroatoms. The smallest absolute Gasteiger partial charge is 0.306 e. The zero-order valence-electron chi connectivity index (χ0n) is 10.7. The van der Waals surface area contributed by atoms with Crippen LogP contribution in [0, 0.1) is 11.3 Å². The lowest BCUT2D eigenvalue weighted by atomic mass is 9.92. The molecule has 1 unspecified atom stereocenters. The largest absolute Gasteiger partial charge is 0.481 e. The Kier molecular flexibility index (Phi) is 6.08. The normalized spacial score (nSPS) is 13.2. The van der Waals surface area contributed by atoms with Gasteiger partial charge in [0, 0.05) is 13.0 Å². The zero-order chi connectivity index (χ0) is 12.8. The Morgan fingerprint density at radius 3 is 2.31 bits per heavy atom. The van der Waals surface area contributed by atoms with Gasteiger partial charge in [-0.1, -0.05) is 27.7 Å². The molecule has 0 saturated heterocycles. The van der Waals surface area contributed by atoms with Crippen molar-refractivity contribution in [2.75, 3.05) is 6.54 Å². The second-order valence-corrected chi connectivity index (χ2v) is 5.47. The molecule has 0 aromatic heterocycles. The molecule has 2 N–H and O–H groups in total. The molecule has 0 spiro atoms. The fourth-order valence-electron chi connectivity index (χ4n) is 1.30. The van der Waals surface area contributed by atoms with Crippen molar-refractivity contribution in [3.63, 3.8) is 0 Å². The number of carbonyl (C=O) groups is 2. The molecule has 0 radical (unpaired) electrons. The van der Waals surface area contributed by atoms with Crippen LogP contribution in [-0.4, -0.2) is 23.5 Å². The topological polar surface area (TPSA) is 66.4 Å². The summed E-state index contributed by atoms with van der Waals surface area (Å²) in [5, 5.41) is 11.5. The first kappa shape index (κ1) is 14.9. The van der Waals surface area contributed by atoms with Crippen molar-refractivity contribution in [1.29, 1.82) is 0 Å². The van der Waals surface area contributed by atoms with E-state index in [1.807, 2.05) is 20.8 Å². The minimum Gasteiger partial charge on any atom is -0.481 e. The zero-order valence-corrected chi connectivity index (χ0v) is 10.7. The second-order valence-electron chi connectivity index (χ2n) is 5.47. The van der Waals surface area contributed by atoms with E-state index in [0.29, 0.717) is 25.8 Å². The van der Waals surface area contributed by atoms with Gasteiger partial charge in [0.15, 0.2) is 0 Å². The lowest BCUT2D eigenvalue weighted by Crippen LogP contribution is -2.28. The number of carbonyl (C=O) groups excluding carboxylic acids is 1. The van der Waals surface area contributed by atoms with Crippen molar-refractivity contribution < 1.29 is 14.7 Å². The molecule has 0 fully saturated rings. The Morgan fingerprint density at radius 2 is 1.88 bits per heavy atom. The molecule has 16 heavy (non-hydrogen) atoms. The number of amides is 1. The summed E-state index contributed by atoms with van der Waals surface area (Å²) in [4.78, 5) is 21.9. The van der Waals surface area contributed by atoms with Crippen LogP contribution < -0.4 is 5.32 Å². The van der Waals surface area contributed by atoms with E-state index in [4.69, 9.17) is 5.11 Å². The number of hydrogen-bond donors (Lipinski definition) is 2. The highest BCUT2D eigenvalue weighted by Crippen LogP contribution is 2.17. The lowest BCUT2D eigenvalue weighted by molar-refractivity contribution is -0.141. The maximum atomic E-state index is 11.4. The van der Waals surface area contributed by atoms with Gasteiger partial charge in [-0.05, 0) is 18.3 Å². The minimum absolute atomic E-state index is 0.00155. The molecule has 0 aromatic carbocycles. The average molecular weight is 229 g/mol. The van der Waals surface area contributed by atoms with Crippen LogP contribution in [0.3, 0.4) is 0 Å². The van der Waals surface area contributed by atoms with Crippen LogP contribution in [-0.2, 0) is 9.59 Å². The molecule has 0 saturated carbocycles. The average Bonchev–Trinajstić information content (AvgIpc) is 2.08. The van der Waals surface area contributed by atoms with Crippen LogP contribution in [0.15, 0.2) is 0 Å². The Bertz CT molecular complexity index is 243. The standard InChI is InChI=1S/C12H23NO3/c1-9(11(15)16)6-5-7-13-10(14)8-12(2,3)4/h9H,5-8H2,1-4H3,(H,13,14)(H,15,16). The van der Waals surface area contributed by atoms with Crippen molar-refractivity contribution >= 4 is 11.9 Å². The van der Waals surface area contributed by atoms with E-state index in [1.165, 1.54) is 0 Å². The molecule has 94 valence electrons. The number of nitrogens with one attached hydrogen (secondary N) is 1. The molecule has 0 heterocycles. The second kappa shape index (κ2) is 6.51. The Hall–Kier alpha value is -1.06. The Labute approximate surface area is 97.4 Å². The van der Waals surface area contributed by atoms with E-state index in [2.05, 4.69) is 5.32 Å². The fourth-order valence-corrected chi connectivity index (χ4v) is 1.30. The first-order valence-corrected chi connectivity index (χ1v) is 5.72. The summed E-state index contributed by atoms with van der Waals surface area (Å²) in [7, 11) is 0. The molecule has 0 bridgehead atoms. The number of aliphatic carboxylic acids is 1. The van der Waals surface area contributed by atoms with Gasteiger partial charge in [0.05, 0.1) is 5.92 Å². The van der Waals surface area contributed by atoms with Gasteiger partial charge in [-0.3, -0.25) is 9.59 Å². The van der Waals surface area contributed by atoms with Crippen LogP contribution >= 0.6 is 0 Å². The van der Waals surface area contributed by atoms with Crippen LogP contribution in [0.5, 0.6) is 0 Å². The SMILES string of the molecule is CC(CCCNC(=O)CC(C)(C)C)C(=O)O. The lowest BCUT2D eigenvalue weighted by Gasteiger charge is -2.17. The number of carboxylic acid groups (broad SMARTS) is 1. The van der Waals surface area contributed by atoms with E-state index in [0.717, 1.165) is 0 Å². The van der Waals surface area contributed by atoms with Gasteiger partial charge in [-0.25, -0.2) is 0 Å². The maximum absolute atomic E-state index is 11.4. The summed E-state index contributed by atoms with van der Waals surface area (Å²) < 4.78 is 0. The van der Waals surface area contributed by atoms with Gasteiger partial charge in [0.2, 0.25) is 5.91 Å². The quantitative estimate of drug-likeness (QED) is 0.685. The molecule has 0 rings (SSSR count). The van der Waals surface area contributed by atoms with Crippen molar-refractivity contribution in [3.8, 4) is 0 Å². The predicted octanol–water partition coefficient (Wildman–Crippen LogP) is 2.04. The highest BCUT2D eigenvalue weighted by atomic mass is 16.4. The molecule has 0 aromatic rings. The van der Waals surface area contributed by atoms with Crippen molar-refractivity contribution in [2.45, 2.75) is 47.0 Å². The van der Waals surface area contributed by atoms with Gasteiger partial charge in [-0.2, -0.15) is 0 Å². The van der Waals surface area contributed by atoms with Crippen molar-refractivity contribution in [2.24, 2.45) is 11.3 Å². The molecule has 1 amide bonds. The van der Waals surface area contributed by atoms with Gasteiger partial charge >= 0.3 is 5.97 Å². The third-order valence-corrected chi connectivity index (χ3v) is 2.25. The van der Waals surface area contributed by atoms with Crippen molar-refractivity contribution in [3.05, 3.63) is 0 Å². The minimum atomic E-state index is -0.777. The van der Waals surface area contributed by atoms with Gasteiger partial charge in [0.1, 0.15) is 0 Å². The summed E-state index contributed by atoms with van der Waals surface area (Å²) in [6, 6.07) is 0. The van der Waals surface area contributed by atoms with Gasteiger partial charge in [0.25, 0.3) is 0 Å². The monoisotopic (exact) mass is 229 g/mol. The Balaban J connectivity index is 3.60. The Morgan fingerprint density at radius 1 is 1.31 bits per heavy atom. The summed E-state index contributed by atoms with van der Waals surface area (Å²) in [6.45, 7) is 8.28. The molecule has 0 aliphatic heterocycles. The predicted molar refractivity (Wildman–Crippen MR) is 63.1 cm³/mol. The summed E-state index contributed by atoms with van der Waals surface area (Å²) >= 11 is 0. The molecular formula is C12H23NO3. The highest BCUT2D eigenvalue weighted by Gasteiger charge is 2.15. The van der Waals surface area contributed by atoms with Gasteiger partial charge in [-0.15, -0.1) is 0 Å². The number of carboxylic acids is 1. The summed E-state index contributed by atoms with van der Waals surface area (Å²) in [5.41, 5.74) is -0.00155. The third-order valence-electron chi connectivity index (χ3n) is 2.25. The molecule has 0 aliphatic carbocycles. The number of rotatable bonds is 6. The first-order chi connectivity index (χ1) is 7.22. The third kappa shape index (κ3) is 8.26. The van der Waals surface area contributed by atoms with Gasteiger partial charge < -0.3 is 10.4 Å². The molecule has 1 atom stereocenters. The molecule has 4 nitrogen and oxygen atoms in total. The van der Waals surface area contributed by atoms with E-state index in [9.17, 15) is 9.59 Å². The first-order valence-electron chi connectivity index (χ1n) is 5.72. The maximum Gasteiger partial charge on any atom is 0.306 e. The molecular weight excluding hydrogens is 206 g/mol. The van der Waals surface area contributed by atoms with Crippen LogP contribution in [0.2, 0.25) is 0 Å². The number of hydrogen-bond acceptors (Lipinski definition) is 2. The molecule has 0 aliphatic rings. The van der Waals surface area contributed by atoms with E-state index >= 15 is 0 Å². The highest BCUT2D eigenvalue weighted by molar-refractivity contribution is 5.76. The van der Waals surface area contributed by atoms with E-state index < -0.39 is 5.97 Å². The van der Waals surface area contributed by atoms with Crippen LogP contribution in [0.1, 0.15) is 47.0 Å². The van der Waals surface area contributed by atoms with E-state index in [-0.39, 0.29) is 17.2 Å². The summed E-state index contributed by atoms with van der Waals surface area (Å²) in [6.07, 6.45) is 1.82. The van der Waals surface area contributed by atoms with Crippen molar-refractivity contribution in [1.82, 2.24) is 5.32 Å². The van der Waals surface area contributed by atoms with E-state index in [1.54, 1.807) is 6.92 Å². The van der Waals surface area contributed by atoms with Crippen LogP contribution in [0.4, 0.5) is 0 Å². The summed E-state index contributed by atoms with van der Waals surface area (Å²) in [5.74, 6) is -1.07. The fraction of sp³-hybridized carbons (Fsp3) is 0.833.